The number of hydrogen-bond acceptors (Lipinski definition) is 1. The maximum atomic E-state index is 5.86. The number of nitrogens with one attached hydrogen (secondary N) is 1. The molecule has 3 rings (SSSR count). The molecule has 1 N–H and O–H groups in total. The van der Waals surface area contributed by atoms with Crippen LogP contribution in [0.3, 0.4) is 0 Å². The lowest BCUT2D eigenvalue weighted by Crippen LogP contribution is -2.40. The molecule has 0 saturated carbocycles. The molecule has 1 atom stereocenters. The molecule has 0 radical (unpaired) electrons. The van der Waals surface area contributed by atoms with Gasteiger partial charge in [0.05, 0.1) is 0 Å². The predicted molar refractivity (Wildman–Crippen MR) is 125 cm³/mol. The molecule has 28 heavy (non-hydrogen) atoms. The summed E-state index contributed by atoms with van der Waals surface area (Å²) in [5.74, 6) is 0. The van der Waals surface area contributed by atoms with Crippen LogP contribution < -0.4 is 5.32 Å². The number of fused-ring (bicyclic) bond motifs is 1. The molecule has 3 nitrogen and oxygen atoms in total. The van der Waals surface area contributed by atoms with Crippen molar-refractivity contribution >= 4 is 33.9 Å². The Morgan fingerprint density at radius 3 is 2.57 bits per heavy atom. The molecule has 2 aromatic carbocycles. The van der Waals surface area contributed by atoms with Crippen LogP contribution >= 0.6 is 12.2 Å². The largest absolute Gasteiger partial charge is 0.347 e. The molecule has 0 saturated heterocycles. The summed E-state index contributed by atoms with van der Waals surface area (Å²) in [4.78, 5) is 2.32. The van der Waals surface area contributed by atoms with Crippen LogP contribution in [0.15, 0.2) is 48.7 Å². The van der Waals surface area contributed by atoms with Crippen LogP contribution in [0.5, 0.6) is 0 Å². The number of anilines is 1. The summed E-state index contributed by atoms with van der Waals surface area (Å²) in [5.41, 5.74) is 6.17. The Morgan fingerprint density at radius 2 is 1.89 bits per heavy atom. The molecular weight excluding hydrogens is 362 g/mol. The second kappa shape index (κ2) is 8.78. The molecule has 148 valence electrons. The molecule has 0 aliphatic heterocycles. The molecular formula is C24H31N3S. The molecule has 0 aliphatic rings. The van der Waals surface area contributed by atoms with Crippen molar-refractivity contribution in [3.63, 3.8) is 0 Å². The smallest absolute Gasteiger partial charge is 0.173 e. The molecule has 0 aliphatic carbocycles. The van der Waals surface area contributed by atoms with Gasteiger partial charge in [-0.1, -0.05) is 42.8 Å². The number of benzene rings is 2. The molecule has 4 heteroatoms. The van der Waals surface area contributed by atoms with Gasteiger partial charge in [0.25, 0.3) is 0 Å². The van der Waals surface area contributed by atoms with Crippen LogP contribution in [-0.2, 0) is 13.1 Å². The van der Waals surface area contributed by atoms with E-state index in [1.54, 1.807) is 0 Å². The third kappa shape index (κ3) is 4.22. The third-order valence-electron chi connectivity index (χ3n) is 5.56. The summed E-state index contributed by atoms with van der Waals surface area (Å²) >= 11 is 5.86. The van der Waals surface area contributed by atoms with Gasteiger partial charge in [0.2, 0.25) is 0 Å². The first-order chi connectivity index (χ1) is 13.4. The van der Waals surface area contributed by atoms with Gasteiger partial charge >= 0.3 is 0 Å². The lowest BCUT2D eigenvalue weighted by Gasteiger charge is -2.31. The van der Waals surface area contributed by atoms with Gasteiger partial charge in [0.1, 0.15) is 0 Å². The maximum Gasteiger partial charge on any atom is 0.173 e. The molecule has 0 bridgehead atoms. The fourth-order valence-electron chi connectivity index (χ4n) is 3.68. The van der Waals surface area contributed by atoms with Crippen LogP contribution in [0.2, 0.25) is 0 Å². The van der Waals surface area contributed by atoms with Gasteiger partial charge < -0.3 is 14.8 Å². The van der Waals surface area contributed by atoms with Gasteiger partial charge in [0, 0.05) is 41.9 Å². The highest BCUT2D eigenvalue weighted by Gasteiger charge is 2.19. The van der Waals surface area contributed by atoms with E-state index in [2.05, 4.69) is 98.1 Å². The minimum Gasteiger partial charge on any atom is -0.347 e. The Labute approximate surface area is 174 Å². The van der Waals surface area contributed by atoms with Crippen molar-refractivity contribution in [1.29, 1.82) is 0 Å². The summed E-state index contributed by atoms with van der Waals surface area (Å²) < 4.78 is 2.32. The van der Waals surface area contributed by atoms with E-state index < -0.39 is 0 Å². The zero-order valence-electron chi connectivity index (χ0n) is 17.6. The second-order valence-electron chi connectivity index (χ2n) is 7.59. The van der Waals surface area contributed by atoms with Crippen molar-refractivity contribution in [2.75, 3.05) is 5.32 Å². The Bertz CT molecular complexity index is 973. The Balaban J connectivity index is 1.90. The second-order valence-corrected chi connectivity index (χ2v) is 7.98. The average molecular weight is 394 g/mol. The van der Waals surface area contributed by atoms with E-state index in [0.717, 1.165) is 30.3 Å². The quantitative estimate of drug-likeness (QED) is 0.498. The van der Waals surface area contributed by atoms with Gasteiger partial charge in [-0.15, -0.1) is 0 Å². The van der Waals surface area contributed by atoms with E-state index in [9.17, 15) is 0 Å². The van der Waals surface area contributed by atoms with Crippen LogP contribution in [0.25, 0.3) is 10.9 Å². The predicted octanol–water partition coefficient (Wildman–Crippen LogP) is 6.28. The first kappa shape index (κ1) is 20.4. The SMILES string of the molecule is CC[C@H](C)N(Cc1cn(CC)c2ccccc12)C(=S)Nc1ccc(C)cc1C. The van der Waals surface area contributed by atoms with Gasteiger partial charge in [-0.25, -0.2) is 0 Å². The van der Waals surface area contributed by atoms with Crippen LogP contribution in [0.1, 0.15) is 43.9 Å². The number of hydrogen-bond donors (Lipinski definition) is 1. The number of aryl methyl sites for hydroxylation is 3. The topological polar surface area (TPSA) is 20.2 Å². The van der Waals surface area contributed by atoms with Crippen LogP contribution in [0.4, 0.5) is 5.69 Å². The number of rotatable bonds is 6. The van der Waals surface area contributed by atoms with Crippen LogP contribution in [-0.4, -0.2) is 20.6 Å². The van der Waals surface area contributed by atoms with Gasteiger partial charge in [0.15, 0.2) is 5.11 Å². The Morgan fingerprint density at radius 1 is 1.14 bits per heavy atom. The van der Waals surface area contributed by atoms with Crippen LogP contribution in [0, 0.1) is 13.8 Å². The van der Waals surface area contributed by atoms with Crippen molar-refractivity contribution in [2.24, 2.45) is 0 Å². The highest BCUT2D eigenvalue weighted by atomic mass is 32.1. The monoisotopic (exact) mass is 393 g/mol. The summed E-state index contributed by atoms with van der Waals surface area (Å²) in [6.07, 6.45) is 3.32. The number of nitrogens with zero attached hydrogens (tertiary/aromatic N) is 2. The van der Waals surface area contributed by atoms with Gasteiger partial charge in [-0.2, -0.15) is 0 Å². The van der Waals surface area contributed by atoms with E-state index in [1.807, 2.05) is 0 Å². The lowest BCUT2D eigenvalue weighted by atomic mass is 10.1. The van der Waals surface area contributed by atoms with E-state index in [0.29, 0.717) is 6.04 Å². The van der Waals surface area contributed by atoms with Crippen molar-refractivity contribution < 1.29 is 0 Å². The third-order valence-corrected chi connectivity index (χ3v) is 5.90. The highest BCUT2D eigenvalue weighted by Crippen LogP contribution is 2.25. The van der Waals surface area contributed by atoms with Gasteiger partial charge in [-0.3, -0.25) is 0 Å². The molecule has 1 heterocycles. The summed E-state index contributed by atoms with van der Waals surface area (Å²) in [6, 6.07) is 15.4. The standard InChI is InChI=1S/C24H31N3S/c1-6-19(5)27(24(28)25-22-13-12-17(3)14-18(22)4)16-20-15-26(7-2)23-11-9-8-10-21(20)23/h8-15,19H,6-7,16H2,1-5H3,(H,25,28)/t19-/m0/s1. The Kier molecular flexibility index (Phi) is 6.40. The number of thiocarbonyl (C=S) groups is 1. The van der Waals surface area contributed by atoms with Crippen molar-refractivity contribution in [3.05, 3.63) is 65.4 Å². The molecule has 0 spiro atoms. The van der Waals surface area contributed by atoms with E-state index in [-0.39, 0.29) is 0 Å². The summed E-state index contributed by atoms with van der Waals surface area (Å²) in [6.45, 7) is 12.7. The molecule has 1 aromatic heterocycles. The molecule has 0 fully saturated rings. The summed E-state index contributed by atoms with van der Waals surface area (Å²) in [7, 11) is 0. The molecule has 0 unspecified atom stereocenters. The Hall–Kier alpha value is -2.33. The summed E-state index contributed by atoms with van der Waals surface area (Å²) in [5, 5.41) is 5.59. The average Bonchev–Trinajstić information content (AvgIpc) is 3.05. The van der Waals surface area contributed by atoms with E-state index >= 15 is 0 Å². The number of aromatic nitrogens is 1. The minimum atomic E-state index is 0.356. The highest BCUT2D eigenvalue weighted by molar-refractivity contribution is 7.80. The van der Waals surface area contributed by atoms with Crippen molar-refractivity contribution in [1.82, 2.24) is 9.47 Å². The maximum absolute atomic E-state index is 5.86. The normalized spacial score (nSPS) is 12.2. The van der Waals surface area contributed by atoms with Crippen molar-refractivity contribution in [3.8, 4) is 0 Å². The zero-order valence-corrected chi connectivity index (χ0v) is 18.4. The zero-order chi connectivity index (χ0) is 20.3. The fourth-order valence-corrected chi connectivity index (χ4v) is 4.04. The van der Waals surface area contributed by atoms with E-state index in [1.165, 1.54) is 27.6 Å². The minimum absolute atomic E-state index is 0.356. The first-order valence-corrected chi connectivity index (χ1v) is 10.6. The lowest BCUT2D eigenvalue weighted by molar-refractivity contribution is 0.320. The van der Waals surface area contributed by atoms with Crippen molar-refractivity contribution in [2.45, 2.75) is 60.2 Å². The molecule has 3 aromatic rings. The first-order valence-electron chi connectivity index (χ1n) is 10.2. The number of para-hydroxylation sites is 1. The fraction of sp³-hybridized carbons (Fsp3) is 0.375. The molecule has 0 amide bonds. The van der Waals surface area contributed by atoms with Gasteiger partial charge in [-0.05, 0) is 69.6 Å². The van der Waals surface area contributed by atoms with E-state index in [4.69, 9.17) is 12.2 Å².